The van der Waals surface area contributed by atoms with Crippen molar-refractivity contribution >= 4 is 5.91 Å². The fourth-order valence-corrected chi connectivity index (χ4v) is 2.76. The van der Waals surface area contributed by atoms with E-state index in [1.165, 1.54) is 0 Å². The van der Waals surface area contributed by atoms with E-state index in [1.807, 2.05) is 19.4 Å². The second-order valence-electron chi connectivity index (χ2n) is 5.65. The number of nitrogens with zero attached hydrogens (tertiary/aromatic N) is 4. The number of hydrogen-bond donors (Lipinski definition) is 0. The molecule has 0 saturated heterocycles. The van der Waals surface area contributed by atoms with Crippen molar-refractivity contribution < 1.29 is 9.53 Å². The predicted molar refractivity (Wildman–Crippen MR) is 81.4 cm³/mol. The van der Waals surface area contributed by atoms with E-state index < -0.39 is 0 Å². The highest BCUT2D eigenvalue weighted by atomic mass is 16.5. The van der Waals surface area contributed by atoms with Crippen molar-refractivity contribution in [3.05, 3.63) is 42.7 Å². The average Bonchev–Trinajstić information content (AvgIpc) is 3.01. The number of aryl methyl sites for hydroxylation is 1. The molecule has 0 aliphatic carbocycles. The molecule has 0 bridgehead atoms. The summed E-state index contributed by atoms with van der Waals surface area (Å²) in [5, 5.41) is 0. The van der Waals surface area contributed by atoms with E-state index in [-0.39, 0.29) is 12.5 Å². The number of rotatable bonds is 5. The van der Waals surface area contributed by atoms with Crippen molar-refractivity contribution in [1.82, 2.24) is 19.4 Å². The Morgan fingerprint density at radius 3 is 3.23 bits per heavy atom. The second-order valence-corrected chi connectivity index (χ2v) is 5.65. The van der Waals surface area contributed by atoms with Crippen LogP contribution < -0.4 is 4.74 Å². The molecule has 0 saturated carbocycles. The summed E-state index contributed by atoms with van der Waals surface area (Å²) in [6, 6.07) is 3.58. The van der Waals surface area contributed by atoms with Gasteiger partial charge in [0, 0.05) is 45.1 Å². The summed E-state index contributed by atoms with van der Waals surface area (Å²) in [7, 11) is 1.83. The largest absolute Gasteiger partial charge is 0.482 e. The highest BCUT2D eigenvalue weighted by molar-refractivity contribution is 5.77. The van der Waals surface area contributed by atoms with Gasteiger partial charge in [-0.2, -0.15) is 0 Å². The molecule has 1 aliphatic heterocycles. The van der Waals surface area contributed by atoms with Crippen molar-refractivity contribution in [1.29, 1.82) is 0 Å². The molecular formula is C16H20N4O2. The Bertz CT molecular complexity index is 626. The lowest BCUT2D eigenvalue weighted by Crippen LogP contribution is -2.37. The molecule has 1 atom stereocenters. The lowest BCUT2D eigenvalue weighted by Gasteiger charge is -2.28. The van der Waals surface area contributed by atoms with Crippen molar-refractivity contribution in [3.8, 4) is 5.75 Å². The maximum absolute atomic E-state index is 12.1. The van der Waals surface area contributed by atoms with Gasteiger partial charge in [0.1, 0.15) is 11.6 Å². The van der Waals surface area contributed by atoms with Gasteiger partial charge in [0.25, 0.3) is 5.91 Å². The maximum atomic E-state index is 12.1. The summed E-state index contributed by atoms with van der Waals surface area (Å²) in [5.41, 5.74) is 0. The first-order chi connectivity index (χ1) is 10.7. The van der Waals surface area contributed by atoms with Gasteiger partial charge in [0.2, 0.25) is 0 Å². The summed E-state index contributed by atoms with van der Waals surface area (Å²) in [6.07, 6.45) is 9.18. The van der Waals surface area contributed by atoms with Crippen molar-refractivity contribution in [3.63, 3.8) is 0 Å². The molecule has 0 spiro atoms. The van der Waals surface area contributed by atoms with E-state index in [1.54, 1.807) is 29.4 Å². The molecule has 0 N–H and O–H groups in total. The molecule has 1 amide bonds. The molecule has 0 fully saturated rings. The van der Waals surface area contributed by atoms with Crippen LogP contribution in [0.4, 0.5) is 0 Å². The maximum Gasteiger partial charge on any atom is 0.260 e. The van der Waals surface area contributed by atoms with Crippen LogP contribution in [0.1, 0.15) is 12.2 Å². The zero-order valence-corrected chi connectivity index (χ0v) is 12.7. The van der Waals surface area contributed by atoms with Crippen molar-refractivity contribution in [2.75, 3.05) is 20.2 Å². The number of likely N-dealkylation sites (N-methyl/N-ethyl adjacent to an activating group) is 1. The third-order valence-electron chi connectivity index (χ3n) is 3.99. The van der Waals surface area contributed by atoms with Crippen LogP contribution in [0.2, 0.25) is 0 Å². The lowest BCUT2D eigenvalue weighted by atomic mass is 9.99. The van der Waals surface area contributed by atoms with Crippen LogP contribution in [-0.4, -0.2) is 45.5 Å². The molecule has 116 valence electrons. The second kappa shape index (κ2) is 6.60. The zero-order valence-electron chi connectivity index (χ0n) is 12.7. The number of amides is 1. The van der Waals surface area contributed by atoms with E-state index in [0.717, 1.165) is 31.8 Å². The summed E-state index contributed by atoms with van der Waals surface area (Å²) in [4.78, 5) is 22.2. The molecule has 0 aromatic carbocycles. The number of pyridine rings is 1. The standard InChI is InChI=1S/C16H20N4O2/c1-19(16(21)12-22-14-3-2-6-17-9-14)10-13-4-5-15-18-7-8-20(15)11-13/h2-3,6-9,13H,4-5,10-12H2,1H3. The molecule has 6 nitrogen and oxygen atoms in total. The normalized spacial score (nSPS) is 16.9. The number of carbonyl (C=O) groups excluding carboxylic acids is 1. The van der Waals surface area contributed by atoms with Crippen LogP contribution in [-0.2, 0) is 17.8 Å². The van der Waals surface area contributed by atoms with Gasteiger partial charge < -0.3 is 14.2 Å². The Morgan fingerprint density at radius 1 is 1.50 bits per heavy atom. The Labute approximate surface area is 129 Å². The quantitative estimate of drug-likeness (QED) is 0.837. The molecule has 3 rings (SSSR count). The molecular weight excluding hydrogens is 280 g/mol. The third kappa shape index (κ3) is 3.44. The van der Waals surface area contributed by atoms with E-state index in [2.05, 4.69) is 14.5 Å². The molecule has 2 aromatic heterocycles. The number of hydrogen-bond acceptors (Lipinski definition) is 4. The van der Waals surface area contributed by atoms with E-state index in [9.17, 15) is 4.79 Å². The van der Waals surface area contributed by atoms with Gasteiger partial charge in [-0.1, -0.05) is 0 Å². The summed E-state index contributed by atoms with van der Waals surface area (Å²) >= 11 is 0. The SMILES string of the molecule is CN(CC1CCc2nccn2C1)C(=O)COc1cccnc1. The van der Waals surface area contributed by atoms with E-state index in [0.29, 0.717) is 11.7 Å². The first kappa shape index (κ1) is 14.6. The fraction of sp³-hybridized carbons (Fsp3) is 0.438. The Morgan fingerprint density at radius 2 is 2.41 bits per heavy atom. The lowest BCUT2D eigenvalue weighted by molar-refractivity contribution is -0.132. The minimum Gasteiger partial charge on any atom is -0.482 e. The van der Waals surface area contributed by atoms with Gasteiger partial charge in [0.05, 0.1) is 6.20 Å². The summed E-state index contributed by atoms with van der Waals surface area (Å²) in [5.74, 6) is 2.21. The molecule has 22 heavy (non-hydrogen) atoms. The van der Waals surface area contributed by atoms with Gasteiger partial charge in [-0.25, -0.2) is 4.98 Å². The van der Waals surface area contributed by atoms with Crippen LogP contribution in [0.25, 0.3) is 0 Å². The third-order valence-corrected chi connectivity index (χ3v) is 3.99. The van der Waals surface area contributed by atoms with Gasteiger partial charge in [-0.05, 0) is 24.5 Å². The van der Waals surface area contributed by atoms with Crippen LogP contribution >= 0.6 is 0 Å². The first-order valence-corrected chi connectivity index (χ1v) is 7.49. The smallest absolute Gasteiger partial charge is 0.260 e. The van der Waals surface area contributed by atoms with Crippen molar-refractivity contribution in [2.45, 2.75) is 19.4 Å². The van der Waals surface area contributed by atoms with Gasteiger partial charge in [-0.3, -0.25) is 9.78 Å². The van der Waals surface area contributed by atoms with Crippen LogP contribution in [0.3, 0.4) is 0 Å². The predicted octanol–water partition coefficient (Wildman–Crippen LogP) is 1.38. The molecule has 2 aromatic rings. The van der Waals surface area contributed by atoms with Crippen LogP contribution in [0.15, 0.2) is 36.9 Å². The molecule has 1 aliphatic rings. The minimum atomic E-state index is -0.0136. The van der Waals surface area contributed by atoms with Crippen LogP contribution in [0, 0.1) is 5.92 Å². The van der Waals surface area contributed by atoms with Gasteiger partial charge in [0.15, 0.2) is 6.61 Å². The number of imidazole rings is 1. The Kier molecular flexibility index (Phi) is 4.37. The number of fused-ring (bicyclic) bond motifs is 1. The Balaban J connectivity index is 1.47. The van der Waals surface area contributed by atoms with Gasteiger partial charge >= 0.3 is 0 Å². The van der Waals surface area contributed by atoms with E-state index in [4.69, 9.17) is 4.74 Å². The number of carbonyl (C=O) groups is 1. The average molecular weight is 300 g/mol. The number of ether oxygens (including phenoxy) is 1. The minimum absolute atomic E-state index is 0.0136. The summed E-state index contributed by atoms with van der Waals surface area (Å²) < 4.78 is 7.63. The fourth-order valence-electron chi connectivity index (χ4n) is 2.76. The molecule has 1 unspecified atom stereocenters. The molecule has 0 radical (unpaired) electrons. The highest BCUT2D eigenvalue weighted by Crippen LogP contribution is 2.19. The summed E-state index contributed by atoms with van der Waals surface area (Å²) in [6.45, 7) is 1.72. The Hall–Kier alpha value is -2.37. The molecule has 6 heteroatoms. The molecule has 3 heterocycles. The van der Waals surface area contributed by atoms with E-state index >= 15 is 0 Å². The number of aromatic nitrogens is 3. The topological polar surface area (TPSA) is 60.2 Å². The zero-order chi connectivity index (χ0) is 15.4. The van der Waals surface area contributed by atoms with Crippen molar-refractivity contribution in [2.24, 2.45) is 5.92 Å². The van der Waals surface area contributed by atoms with Gasteiger partial charge in [-0.15, -0.1) is 0 Å². The highest BCUT2D eigenvalue weighted by Gasteiger charge is 2.22. The monoisotopic (exact) mass is 300 g/mol. The van der Waals surface area contributed by atoms with Crippen LogP contribution in [0.5, 0.6) is 5.75 Å². The first-order valence-electron chi connectivity index (χ1n) is 7.49.